The summed E-state index contributed by atoms with van der Waals surface area (Å²) in [4.78, 5) is 28.1. The number of aliphatic hydroxyl groups excluding tert-OH is 3. The molecule has 0 saturated carbocycles. The monoisotopic (exact) mass is 408 g/mol. The first kappa shape index (κ1) is 19.2. The molecule has 2 amide bonds. The van der Waals surface area contributed by atoms with E-state index in [0.717, 1.165) is 4.90 Å². The lowest BCUT2D eigenvalue weighted by Gasteiger charge is -2.37. The van der Waals surface area contributed by atoms with Gasteiger partial charge in [-0.3, -0.25) is 9.59 Å². The Labute approximate surface area is 171 Å². The highest BCUT2D eigenvalue weighted by molar-refractivity contribution is 6.26. The van der Waals surface area contributed by atoms with E-state index in [1.165, 1.54) is 6.92 Å². The van der Waals surface area contributed by atoms with E-state index >= 15 is 0 Å². The number of ether oxygens (including phenoxy) is 1. The molecule has 2 aromatic rings. The van der Waals surface area contributed by atoms with E-state index in [4.69, 9.17) is 4.74 Å². The van der Waals surface area contributed by atoms with Crippen molar-refractivity contribution in [2.24, 2.45) is 11.8 Å². The molecule has 3 fully saturated rings. The van der Waals surface area contributed by atoms with Crippen molar-refractivity contribution in [1.82, 2.24) is 0 Å². The van der Waals surface area contributed by atoms with Crippen LogP contribution in [0.4, 0.5) is 5.69 Å². The number of carbonyl (C=O) groups excluding carboxylic acids is 2. The number of anilines is 1. The number of fused-ring (bicyclic) bond motifs is 6. The Bertz CT molecular complexity index is 1140. The highest BCUT2D eigenvalue weighted by Crippen LogP contribution is 2.62. The van der Waals surface area contributed by atoms with Crippen LogP contribution in [0, 0.1) is 23.2 Å². The van der Waals surface area contributed by atoms with Gasteiger partial charge in [0, 0.05) is 23.8 Å². The van der Waals surface area contributed by atoms with Crippen LogP contribution in [0.5, 0.6) is 0 Å². The van der Waals surface area contributed by atoms with Crippen molar-refractivity contribution >= 4 is 28.3 Å². The fraction of sp³-hybridized carbons (Fsp3) is 0.409. The van der Waals surface area contributed by atoms with Gasteiger partial charge in [0.05, 0.1) is 29.2 Å². The number of imide groups is 1. The average Bonchev–Trinajstić information content (AvgIpc) is 3.25. The number of amides is 2. The van der Waals surface area contributed by atoms with Crippen molar-refractivity contribution in [3.63, 3.8) is 0 Å². The fourth-order valence-electron chi connectivity index (χ4n) is 5.69. The molecule has 0 aromatic heterocycles. The van der Waals surface area contributed by atoms with Crippen LogP contribution in [0.3, 0.4) is 0 Å². The number of nitriles is 1. The Morgan fingerprint density at radius 1 is 1.07 bits per heavy atom. The van der Waals surface area contributed by atoms with Crippen molar-refractivity contribution in [3.8, 4) is 6.07 Å². The number of hydrogen-bond acceptors (Lipinski definition) is 7. The summed E-state index contributed by atoms with van der Waals surface area (Å²) >= 11 is 0. The molecule has 3 aliphatic rings. The Hall–Kier alpha value is -2.83. The molecule has 3 N–H and O–H groups in total. The second kappa shape index (κ2) is 6.09. The predicted octanol–water partition coefficient (Wildman–Crippen LogP) is 0.463. The van der Waals surface area contributed by atoms with Gasteiger partial charge in [-0.05, 0) is 19.1 Å². The summed E-state index contributed by atoms with van der Waals surface area (Å²) in [5.74, 6) is -3.06. The van der Waals surface area contributed by atoms with E-state index in [0.29, 0.717) is 22.0 Å². The second-order valence-electron chi connectivity index (χ2n) is 8.36. The van der Waals surface area contributed by atoms with Gasteiger partial charge in [0.1, 0.15) is 23.4 Å². The molecule has 3 aliphatic heterocycles. The third-order valence-corrected chi connectivity index (χ3v) is 7.01. The van der Waals surface area contributed by atoms with Gasteiger partial charge in [0.25, 0.3) is 0 Å². The number of nitrogens with zero attached hydrogens (tertiary/aromatic N) is 2. The van der Waals surface area contributed by atoms with Crippen LogP contribution in [0.25, 0.3) is 10.8 Å². The van der Waals surface area contributed by atoms with Crippen molar-refractivity contribution < 1.29 is 29.6 Å². The largest absolute Gasteiger partial charge is 0.396 e. The molecule has 2 bridgehead atoms. The molecule has 3 saturated heterocycles. The molecule has 1 unspecified atom stereocenters. The molecule has 154 valence electrons. The van der Waals surface area contributed by atoms with Crippen LogP contribution in [-0.2, 0) is 14.3 Å². The highest BCUT2D eigenvalue weighted by atomic mass is 16.6. The van der Waals surface area contributed by atoms with Crippen LogP contribution in [-0.4, -0.2) is 57.2 Å². The maximum absolute atomic E-state index is 13.5. The Morgan fingerprint density at radius 2 is 1.73 bits per heavy atom. The molecular formula is C22H20N2O6. The predicted molar refractivity (Wildman–Crippen MR) is 104 cm³/mol. The molecule has 3 heterocycles. The third kappa shape index (κ3) is 2.03. The molecule has 8 heteroatoms. The average molecular weight is 408 g/mol. The molecule has 0 radical (unpaired) electrons. The maximum atomic E-state index is 13.5. The summed E-state index contributed by atoms with van der Waals surface area (Å²) < 4.78 is 5.96. The van der Waals surface area contributed by atoms with Gasteiger partial charge in [-0.1, -0.05) is 24.3 Å². The number of rotatable bonds is 3. The molecule has 0 spiro atoms. The Balaban J connectivity index is 1.69. The van der Waals surface area contributed by atoms with E-state index in [1.807, 2.05) is 0 Å². The Morgan fingerprint density at radius 3 is 2.40 bits per heavy atom. The van der Waals surface area contributed by atoms with Crippen LogP contribution < -0.4 is 4.90 Å². The number of carbonyl (C=O) groups is 2. The first-order valence-corrected chi connectivity index (χ1v) is 9.78. The lowest BCUT2D eigenvalue weighted by molar-refractivity contribution is -0.137. The number of hydrogen-bond donors (Lipinski definition) is 3. The van der Waals surface area contributed by atoms with Gasteiger partial charge in [0.15, 0.2) is 0 Å². The van der Waals surface area contributed by atoms with Crippen LogP contribution in [0.2, 0.25) is 0 Å². The lowest BCUT2D eigenvalue weighted by atomic mass is 9.64. The third-order valence-electron chi connectivity index (χ3n) is 7.01. The zero-order chi connectivity index (χ0) is 21.4. The topological polar surface area (TPSA) is 131 Å². The minimum Gasteiger partial charge on any atom is -0.396 e. The summed E-state index contributed by atoms with van der Waals surface area (Å²) in [5.41, 5.74) is -2.20. The second-order valence-corrected chi connectivity index (χ2v) is 8.36. The van der Waals surface area contributed by atoms with Crippen molar-refractivity contribution in [1.29, 1.82) is 5.26 Å². The summed E-state index contributed by atoms with van der Waals surface area (Å²) in [7, 11) is 0. The van der Waals surface area contributed by atoms with Gasteiger partial charge in [-0.25, -0.2) is 4.90 Å². The molecule has 6 atom stereocenters. The van der Waals surface area contributed by atoms with E-state index in [2.05, 4.69) is 6.07 Å². The van der Waals surface area contributed by atoms with Crippen LogP contribution in [0.1, 0.15) is 18.9 Å². The minimum atomic E-state index is -1.53. The van der Waals surface area contributed by atoms with Gasteiger partial charge >= 0.3 is 0 Å². The van der Waals surface area contributed by atoms with Gasteiger partial charge in [-0.2, -0.15) is 5.26 Å². The zero-order valence-electron chi connectivity index (χ0n) is 16.1. The van der Waals surface area contributed by atoms with E-state index in [1.54, 1.807) is 36.4 Å². The summed E-state index contributed by atoms with van der Waals surface area (Å²) in [6.45, 7) is 1.15. The van der Waals surface area contributed by atoms with Gasteiger partial charge < -0.3 is 20.1 Å². The van der Waals surface area contributed by atoms with Crippen molar-refractivity contribution in [2.45, 2.75) is 36.8 Å². The fourth-order valence-corrected chi connectivity index (χ4v) is 5.69. The molecule has 30 heavy (non-hydrogen) atoms. The SMILES string of the molecule is C[C@@]12O[C@](CCO)([C@@H]3C(=O)N(c4ccc(C#N)c5ccccc45)C(=O)C31)[C@@H](O)[C@H]2O. The van der Waals surface area contributed by atoms with Crippen LogP contribution in [0.15, 0.2) is 36.4 Å². The van der Waals surface area contributed by atoms with Crippen LogP contribution >= 0.6 is 0 Å². The summed E-state index contributed by atoms with van der Waals surface area (Å²) in [5, 5.41) is 41.5. The number of aliphatic hydroxyl groups is 3. The highest BCUT2D eigenvalue weighted by Gasteiger charge is 2.80. The molecule has 5 rings (SSSR count). The van der Waals surface area contributed by atoms with Crippen molar-refractivity contribution in [2.75, 3.05) is 11.5 Å². The van der Waals surface area contributed by atoms with E-state index < -0.39 is 47.1 Å². The summed E-state index contributed by atoms with van der Waals surface area (Å²) in [6.07, 6.45) is -2.84. The van der Waals surface area contributed by atoms with E-state index in [9.17, 15) is 30.2 Å². The van der Waals surface area contributed by atoms with Crippen molar-refractivity contribution in [3.05, 3.63) is 42.0 Å². The first-order valence-electron chi connectivity index (χ1n) is 9.78. The number of benzene rings is 2. The summed E-state index contributed by atoms with van der Waals surface area (Å²) in [6, 6.07) is 12.3. The quantitative estimate of drug-likeness (QED) is 0.629. The molecule has 0 aliphatic carbocycles. The standard InChI is InChI=1S/C22H20N2O6/c1-21-15-16(22(30-21,8-9-25)18(27)17(21)26)20(29)24(19(15)28)14-7-6-11(10-23)12-4-2-3-5-13(12)14/h2-7,15-18,25-27H,8-9H2,1H3/t15?,16-,17+,18-,21+,22+/m0/s1. The normalized spacial score (nSPS) is 37.1. The molecule has 8 nitrogen and oxygen atoms in total. The van der Waals surface area contributed by atoms with E-state index in [-0.39, 0.29) is 13.0 Å². The minimum absolute atomic E-state index is 0.0804. The smallest absolute Gasteiger partial charge is 0.240 e. The maximum Gasteiger partial charge on any atom is 0.240 e. The Kier molecular flexibility index (Phi) is 3.89. The first-order chi connectivity index (χ1) is 14.3. The van der Waals surface area contributed by atoms with Gasteiger partial charge in [-0.15, -0.1) is 0 Å². The molecule has 2 aromatic carbocycles. The lowest BCUT2D eigenvalue weighted by Crippen LogP contribution is -2.58. The zero-order valence-corrected chi connectivity index (χ0v) is 16.1. The van der Waals surface area contributed by atoms with Gasteiger partial charge in [0.2, 0.25) is 11.8 Å². The molecular weight excluding hydrogens is 388 g/mol.